The maximum atomic E-state index is 12.9. The highest BCUT2D eigenvalue weighted by Gasteiger charge is 2.29. The lowest BCUT2D eigenvalue weighted by atomic mass is 9.90. The van der Waals surface area contributed by atoms with Crippen LogP contribution in [0.5, 0.6) is 0 Å². The molecule has 6 nitrogen and oxygen atoms in total. The summed E-state index contributed by atoms with van der Waals surface area (Å²) in [6.45, 7) is 5.48. The molecule has 0 radical (unpaired) electrons. The monoisotopic (exact) mass is 378 g/mol. The average Bonchev–Trinajstić information content (AvgIpc) is 3.38. The van der Waals surface area contributed by atoms with Gasteiger partial charge in [0.05, 0.1) is 6.20 Å². The molecule has 0 saturated carbocycles. The molecular weight excluding hydrogens is 352 g/mol. The third kappa shape index (κ3) is 3.86. The van der Waals surface area contributed by atoms with E-state index in [-0.39, 0.29) is 17.7 Å². The number of amides is 1. The van der Waals surface area contributed by atoms with Gasteiger partial charge in [0.15, 0.2) is 5.69 Å². The second-order valence-electron chi connectivity index (χ2n) is 7.83. The van der Waals surface area contributed by atoms with Crippen LogP contribution in [0.2, 0.25) is 0 Å². The third-order valence-electron chi connectivity index (χ3n) is 5.42. The molecule has 3 heterocycles. The van der Waals surface area contributed by atoms with Crippen molar-refractivity contribution in [1.29, 1.82) is 0 Å². The van der Waals surface area contributed by atoms with Crippen molar-refractivity contribution in [2.45, 2.75) is 44.9 Å². The van der Waals surface area contributed by atoms with Crippen LogP contribution in [0.25, 0.3) is 0 Å². The van der Waals surface area contributed by atoms with E-state index in [2.05, 4.69) is 39.6 Å². The molecule has 2 aromatic heterocycles. The SMILES string of the molecule is CC(C)c1cc(C(=O)N2CCCC(c3[nH]ncc3Cc3ccccc3)C2)no1. The van der Waals surface area contributed by atoms with Crippen LogP contribution in [0.3, 0.4) is 0 Å². The van der Waals surface area contributed by atoms with Gasteiger partial charge in [-0.15, -0.1) is 0 Å². The van der Waals surface area contributed by atoms with Gasteiger partial charge in [-0.1, -0.05) is 49.3 Å². The van der Waals surface area contributed by atoms with Crippen LogP contribution in [0.1, 0.15) is 71.6 Å². The number of carbonyl (C=O) groups excluding carboxylic acids is 1. The van der Waals surface area contributed by atoms with E-state index in [1.54, 1.807) is 6.07 Å². The van der Waals surface area contributed by atoms with Gasteiger partial charge in [0.2, 0.25) is 0 Å². The molecule has 1 atom stereocenters. The summed E-state index contributed by atoms with van der Waals surface area (Å²) in [6.07, 6.45) is 4.77. The van der Waals surface area contributed by atoms with Gasteiger partial charge < -0.3 is 9.42 Å². The van der Waals surface area contributed by atoms with Crippen molar-refractivity contribution in [2.75, 3.05) is 13.1 Å². The van der Waals surface area contributed by atoms with Gasteiger partial charge in [-0.25, -0.2) is 0 Å². The second-order valence-corrected chi connectivity index (χ2v) is 7.83. The smallest absolute Gasteiger partial charge is 0.276 e. The molecule has 3 aromatic rings. The zero-order chi connectivity index (χ0) is 19.5. The highest BCUT2D eigenvalue weighted by Crippen LogP contribution is 2.30. The Hall–Kier alpha value is -2.89. The molecule has 1 unspecified atom stereocenters. The number of aromatic amines is 1. The predicted octanol–water partition coefficient (Wildman–Crippen LogP) is 4.13. The van der Waals surface area contributed by atoms with Crippen molar-refractivity contribution in [3.63, 3.8) is 0 Å². The molecule has 1 N–H and O–H groups in total. The fourth-order valence-corrected chi connectivity index (χ4v) is 3.85. The van der Waals surface area contributed by atoms with Crippen molar-refractivity contribution < 1.29 is 9.32 Å². The van der Waals surface area contributed by atoms with Crippen molar-refractivity contribution in [2.24, 2.45) is 0 Å². The number of carbonyl (C=O) groups is 1. The van der Waals surface area contributed by atoms with Gasteiger partial charge in [-0.3, -0.25) is 9.89 Å². The number of piperidine rings is 1. The van der Waals surface area contributed by atoms with Crippen molar-refractivity contribution in [1.82, 2.24) is 20.3 Å². The van der Waals surface area contributed by atoms with Crippen LogP contribution in [0, 0.1) is 0 Å². The van der Waals surface area contributed by atoms with Gasteiger partial charge >= 0.3 is 0 Å². The summed E-state index contributed by atoms with van der Waals surface area (Å²) in [7, 11) is 0. The summed E-state index contributed by atoms with van der Waals surface area (Å²) in [5, 5.41) is 11.5. The van der Waals surface area contributed by atoms with Gasteiger partial charge in [-0.2, -0.15) is 5.10 Å². The molecule has 0 bridgehead atoms. The number of hydrogen-bond acceptors (Lipinski definition) is 4. The van der Waals surface area contributed by atoms with Gasteiger partial charge in [-0.05, 0) is 24.0 Å². The standard InChI is InChI=1S/C22H26N4O2/c1-15(2)20-12-19(25-28-20)22(27)26-10-6-9-17(14-26)21-18(13-23-24-21)11-16-7-4-3-5-8-16/h3-5,7-8,12-13,15,17H,6,9-11,14H2,1-2H3,(H,23,24). The minimum Gasteiger partial charge on any atom is -0.360 e. The van der Waals surface area contributed by atoms with Crippen LogP contribution in [-0.2, 0) is 6.42 Å². The maximum absolute atomic E-state index is 12.9. The molecule has 4 rings (SSSR count). The number of rotatable bonds is 5. The zero-order valence-corrected chi connectivity index (χ0v) is 16.4. The molecule has 0 aliphatic carbocycles. The first-order chi connectivity index (χ1) is 13.6. The Bertz CT molecular complexity index is 929. The topological polar surface area (TPSA) is 75.0 Å². The van der Waals surface area contributed by atoms with E-state index < -0.39 is 0 Å². The molecule has 1 saturated heterocycles. The van der Waals surface area contributed by atoms with E-state index in [9.17, 15) is 4.79 Å². The lowest BCUT2D eigenvalue weighted by Crippen LogP contribution is -2.39. The molecule has 1 aliphatic heterocycles. The highest BCUT2D eigenvalue weighted by atomic mass is 16.5. The summed E-state index contributed by atoms with van der Waals surface area (Å²) in [6, 6.07) is 12.2. The number of likely N-dealkylation sites (tertiary alicyclic amines) is 1. The molecule has 1 aromatic carbocycles. The number of hydrogen-bond donors (Lipinski definition) is 1. The summed E-state index contributed by atoms with van der Waals surface area (Å²) in [4.78, 5) is 14.8. The minimum absolute atomic E-state index is 0.0514. The third-order valence-corrected chi connectivity index (χ3v) is 5.42. The van der Waals surface area contributed by atoms with Crippen LogP contribution >= 0.6 is 0 Å². The van der Waals surface area contributed by atoms with Crippen LogP contribution < -0.4 is 0 Å². The Labute approximate surface area is 164 Å². The van der Waals surface area contributed by atoms with Gasteiger partial charge in [0.1, 0.15) is 5.76 Å². The van der Waals surface area contributed by atoms with Crippen molar-refractivity contribution >= 4 is 5.91 Å². The van der Waals surface area contributed by atoms with Gasteiger partial charge in [0.25, 0.3) is 5.91 Å². The minimum atomic E-state index is -0.0514. The number of benzene rings is 1. The average molecular weight is 378 g/mol. The second kappa shape index (κ2) is 8.00. The van der Waals surface area contributed by atoms with E-state index in [1.165, 1.54) is 11.1 Å². The molecule has 0 spiro atoms. The quantitative estimate of drug-likeness (QED) is 0.724. The number of aromatic nitrogens is 3. The summed E-state index contributed by atoms with van der Waals surface area (Å²) < 4.78 is 5.31. The first kappa shape index (κ1) is 18.5. The first-order valence-electron chi connectivity index (χ1n) is 9.93. The molecule has 146 valence electrons. The zero-order valence-electron chi connectivity index (χ0n) is 16.4. The van der Waals surface area contributed by atoms with E-state index in [4.69, 9.17) is 4.52 Å². The summed E-state index contributed by atoms with van der Waals surface area (Å²) in [5.41, 5.74) is 4.01. The molecule has 6 heteroatoms. The van der Waals surface area contributed by atoms with Crippen LogP contribution in [-0.4, -0.2) is 39.3 Å². The van der Waals surface area contributed by atoms with E-state index in [0.29, 0.717) is 12.2 Å². The number of H-pyrrole nitrogens is 1. The number of nitrogens with one attached hydrogen (secondary N) is 1. The normalized spacial score (nSPS) is 17.2. The first-order valence-corrected chi connectivity index (χ1v) is 9.93. The Morgan fingerprint density at radius 3 is 2.89 bits per heavy atom. The molecule has 28 heavy (non-hydrogen) atoms. The lowest BCUT2D eigenvalue weighted by Gasteiger charge is -2.32. The fourth-order valence-electron chi connectivity index (χ4n) is 3.85. The lowest BCUT2D eigenvalue weighted by molar-refractivity contribution is 0.0695. The van der Waals surface area contributed by atoms with Crippen molar-refractivity contribution in [3.8, 4) is 0 Å². The fraction of sp³-hybridized carbons (Fsp3) is 0.409. The van der Waals surface area contributed by atoms with E-state index >= 15 is 0 Å². The summed E-state index contributed by atoms with van der Waals surface area (Å²) in [5.74, 6) is 1.17. The summed E-state index contributed by atoms with van der Waals surface area (Å²) >= 11 is 0. The van der Waals surface area contributed by atoms with E-state index in [0.717, 1.165) is 37.3 Å². The Morgan fingerprint density at radius 1 is 1.32 bits per heavy atom. The largest absolute Gasteiger partial charge is 0.360 e. The molecule has 1 fully saturated rings. The molecule has 1 aliphatic rings. The van der Waals surface area contributed by atoms with E-state index in [1.807, 2.05) is 31.0 Å². The predicted molar refractivity (Wildman–Crippen MR) is 106 cm³/mol. The maximum Gasteiger partial charge on any atom is 0.276 e. The highest BCUT2D eigenvalue weighted by molar-refractivity contribution is 5.92. The number of nitrogens with zero attached hydrogens (tertiary/aromatic N) is 3. The van der Waals surface area contributed by atoms with Crippen LogP contribution in [0.15, 0.2) is 47.1 Å². The molecular formula is C22H26N4O2. The van der Waals surface area contributed by atoms with Crippen molar-refractivity contribution in [3.05, 3.63) is 70.9 Å². The molecule has 1 amide bonds. The van der Waals surface area contributed by atoms with Crippen LogP contribution in [0.4, 0.5) is 0 Å². The Morgan fingerprint density at radius 2 is 2.14 bits per heavy atom. The Kier molecular flexibility index (Phi) is 5.28. The van der Waals surface area contributed by atoms with Gasteiger partial charge in [0, 0.05) is 43.1 Å². The Balaban J connectivity index is 1.48.